The third kappa shape index (κ3) is 3.60. The summed E-state index contributed by atoms with van der Waals surface area (Å²) in [5.74, 6) is 0.830. The van der Waals surface area contributed by atoms with Crippen molar-refractivity contribution in [3.05, 3.63) is 151 Å². The summed E-state index contributed by atoms with van der Waals surface area (Å²) in [5, 5.41) is 10.8. The van der Waals surface area contributed by atoms with E-state index in [4.69, 9.17) is 9.15 Å². The van der Waals surface area contributed by atoms with Crippen molar-refractivity contribution in [1.29, 1.82) is 0 Å². The molecule has 1 atom stereocenters. The van der Waals surface area contributed by atoms with Crippen molar-refractivity contribution in [2.75, 3.05) is 5.32 Å². The highest BCUT2D eigenvalue weighted by Gasteiger charge is 2.30. The highest BCUT2D eigenvalue weighted by molar-refractivity contribution is 6.17. The summed E-state index contributed by atoms with van der Waals surface area (Å²) in [6, 6.07) is 51.3. The summed E-state index contributed by atoms with van der Waals surface area (Å²) >= 11 is 0. The summed E-state index contributed by atoms with van der Waals surface area (Å²) in [6.07, 6.45) is -0.320. The lowest BCUT2D eigenvalue weighted by Crippen LogP contribution is -2.10. The Hall–Kier alpha value is -6.00. The number of para-hydroxylation sites is 2. The van der Waals surface area contributed by atoms with Crippen molar-refractivity contribution >= 4 is 60.2 Å². The van der Waals surface area contributed by atoms with Crippen LogP contribution in [0.4, 0.5) is 5.69 Å². The smallest absolute Gasteiger partial charge is 0.196 e. The number of ether oxygens (including phenoxy) is 1. The third-order valence-electron chi connectivity index (χ3n) is 9.21. The normalized spacial score (nSPS) is 14.4. The molecular formula is C41H26N2O2. The van der Waals surface area contributed by atoms with Crippen LogP contribution in [0.2, 0.25) is 0 Å². The van der Waals surface area contributed by atoms with Gasteiger partial charge < -0.3 is 19.0 Å². The number of anilines is 1. The molecule has 45 heavy (non-hydrogen) atoms. The Kier molecular flexibility index (Phi) is 5.02. The van der Waals surface area contributed by atoms with Crippen LogP contribution in [0, 0.1) is 0 Å². The molecule has 9 aromatic rings. The molecule has 1 unspecified atom stereocenters. The van der Waals surface area contributed by atoms with E-state index in [9.17, 15) is 0 Å². The zero-order valence-electron chi connectivity index (χ0n) is 24.2. The Labute approximate surface area is 258 Å². The monoisotopic (exact) mass is 578 g/mol. The minimum absolute atomic E-state index is 0.320. The van der Waals surface area contributed by atoms with Crippen LogP contribution in [0.5, 0.6) is 5.75 Å². The molecule has 0 spiro atoms. The van der Waals surface area contributed by atoms with E-state index in [1.54, 1.807) is 0 Å². The molecule has 0 bridgehead atoms. The van der Waals surface area contributed by atoms with Crippen LogP contribution in [0.15, 0.2) is 150 Å². The molecule has 1 N–H and O–H groups in total. The predicted octanol–water partition coefficient (Wildman–Crippen LogP) is 11.0. The fourth-order valence-electron chi connectivity index (χ4n) is 7.11. The number of rotatable bonds is 3. The van der Waals surface area contributed by atoms with Gasteiger partial charge in [-0.25, -0.2) is 0 Å². The molecule has 2 aromatic heterocycles. The fourth-order valence-corrected chi connectivity index (χ4v) is 7.11. The van der Waals surface area contributed by atoms with E-state index in [1.807, 2.05) is 18.2 Å². The second kappa shape index (κ2) is 9.25. The summed E-state index contributed by atoms with van der Waals surface area (Å²) < 4.78 is 15.5. The summed E-state index contributed by atoms with van der Waals surface area (Å²) in [5.41, 5.74) is 9.40. The second-order valence-electron chi connectivity index (χ2n) is 11.8. The lowest BCUT2D eigenvalue weighted by Gasteiger charge is -2.14. The highest BCUT2D eigenvalue weighted by Crippen LogP contribution is 2.50. The van der Waals surface area contributed by atoms with Gasteiger partial charge in [-0.15, -0.1) is 0 Å². The van der Waals surface area contributed by atoms with Crippen LogP contribution >= 0.6 is 0 Å². The van der Waals surface area contributed by atoms with E-state index in [2.05, 4.69) is 137 Å². The summed E-state index contributed by atoms with van der Waals surface area (Å²) in [6.45, 7) is 0. The quantitative estimate of drug-likeness (QED) is 0.227. The van der Waals surface area contributed by atoms with Crippen molar-refractivity contribution in [3.63, 3.8) is 0 Å². The first-order valence-corrected chi connectivity index (χ1v) is 15.3. The number of hydrogen-bond donors (Lipinski definition) is 1. The second-order valence-corrected chi connectivity index (χ2v) is 11.8. The van der Waals surface area contributed by atoms with E-state index in [-0.39, 0.29) is 6.23 Å². The van der Waals surface area contributed by atoms with Gasteiger partial charge in [0.2, 0.25) is 0 Å². The van der Waals surface area contributed by atoms with Gasteiger partial charge in [0.1, 0.15) is 16.9 Å². The first-order chi connectivity index (χ1) is 22.3. The molecule has 0 fully saturated rings. The average molecular weight is 579 g/mol. The van der Waals surface area contributed by atoms with E-state index in [0.717, 1.165) is 55.8 Å². The number of furan rings is 1. The van der Waals surface area contributed by atoms with Gasteiger partial charge in [-0.1, -0.05) is 103 Å². The molecule has 4 heteroatoms. The molecule has 1 aliphatic heterocycles. The van der Waals surface area contributed by atoms with Gasteiger partial charge in [0.15, 0.2) is 6.23 Å². The van der Waals surface area contributed by atoms with E-state index in [1.165, 1.54) is 32.6 Å². The van der Waals surface area contributed by atoms with Crippen molar-refractivity contribution in [2.24, 2.45) is 0 Å². The standard InChI is InChI=1S/C41H26N2O2/c1-2-10-25(11-3-1)32-24-37-39(38-31-15-7-9-17-36(31)44-40(32)38)42-41(45-37)26-18-20-29(21-19-26)43-34-16-8-6-14-30(34)33-22-27-12-4-5-13-28(27)23-35(33)43/h1-24,41-42H. The number of hydrogen-bond acceptors (Lipinski definition) is 3. The molecule has 3 heterocycles. The summed E-state index contributed by atoms with van der Waals surface area (Å²) in [4.78, 5) is 0. The maximum atomic E-state index is 6.64. The highest BCUT2D eigenvalue weighted by atomic mass is 16.5. The van der Waals surface area contributed by atoms with Gasteiger partial charge in [-0.05, 0) is 58.8 Å². The van der Waals surface area contributed by atoms with Gasteiger partial charge in [-0.3, -0.25) is 0 Å². The van der Waals surface area contributed by atoms with Gasteiger partial charge in [0.05, 0.1) is 22.1 Å². The SMILES string of the molecule is c1ccc(-c2cc3c(c4c2oc2ccccc24)NC(c2ccc(-n4c5ccccc5c5cc6ccccc6cc54)cc2)O3)cc1. The average Bonchev–Trinajstić information content (AvgIpc) is 3.79. The first kappa shape index (κ1) is 24.4. The number of fused-ring (bicyclic) bond motifs is 9. The fraction of sp³-hybridized carbons (Fsp3) is 0.0244. The Morgan fingerprint density at radius 2 is 1.29 bits per heavy atom. The predicted molar refractivity (Wildman–Crippen MR) is 184 cm³/mol. The molecule has 1 aliphatic rings. The number of aromatic nitrogens is 1. The van der Waals surface area contributed by atoms with Crippen LogP contribution in [-0.4, -0.2) is 4.57 Å². The maximum Gasteiger partial charge on any atom is 0.196 e. The molecule has 212 valence electrons. The van der Waals surface area contributed by atoms with Gasteiger partial charge in [0.25, 0.3) is 0 Å². The Morgan fingerprint density at radius 3 is 2.13 bits per heavy atom. The minimum atomic E-state index is -0.320. The molecule has 0 saturated carbocycles. The number of benzene rings is 7. The molecule has 0 aliphatic carbocycles. The van der Waals surface area contributed by atoms with Crippen molar-refractivity contribution in [1.82, 2.24) is 4.57 Å². The molecule has 0 amide bonds. The Balaban J connectivity index is 1.08. The molecule has 0 saturated heterocycles. The minimum Gasteiger partial charge on any atom is -0.464 e. The molecule has 4 nitrogen and oxygen atoms in total. The Morgan fingerprint density at radius 1 is 0.578 bits per heavy atom. The first-order valence-electron chi connectivity index (χ1n) is 15.3. The Bertz CT molecular complexity index is 2590. The maximum absolute atomic E-state index is 6.64. The van der Waals surface area contributed by atoms with E-state index in [0.29, 0.717) is 0 Å². The lowest BCUT2D eigenvalue weighted by molar-refractivity contribution is 0.260. The van der Waals surface area contributed by atoms with Crippen LogP contribution in [-0.2, 0) is 0 Å². The zero-order chi connectivity index (χ0) is 29.5. The van der Waals surface area contributed by atoms with Crippen LogP contribution in [0.25, 0.3) is 71.3 Å². The number of nitrogens with zero attached hydrogens (tertiary/aromatic N) is 1. The van der Waals surface area contributed by atoms with Gasteiger partial charge >= 0.3 is 0 Å². The van der Waals surface area contributed by atoms with E-state index < -0.39 is 0 Å². The van der Waals surface area contributed by atoms with Crippen molar-refractivity contribution in [2.45, 2.75) is 6.23 Å². The van der Waals surface area contributed by atoms with Gasteiger partial charge in [-0.2, -0.15) is 0 Å². The molecule has 0 radical (unpaired) electrons. The third-order valence-corrected chi connectivity index (χ3v) is 9.21. The van der Waals surface area contributed by atoms with Crippen LogP contribution in [0.1, 0.15) is 11.8 Å². The molecule has 10 rings (SSSR count). The topological polar surface area (TPSA) is 39.3 Å². The lowest BCUT2D eigenvalue weighted by atomic mass is 10.0. The molecular weight excluding hydrogens is 552 g/mol. The zero-order valence-corrected chi connectivity index (χ0v) is 24.2. The van der Waals surface area contributed by atoms with Crippen molar-refractivity contribution < 1.29 is 9.15 Å². The number of nitrogens with one attached hydrogen (secondary N) is 1. The van der Waals surface area contributed by atoms with Crippen LogP contribution < -0.4 is 10.1 Å². The van der Waals surface area contributed by atoms with Gasteiger partial charge in [0, 0.05) is 33.0 Å². The largest absolute Gasteiger partial charge is 0.464 e. The van der Waals surface area contributed by atoms with Crippen LogP contribution in [0.3, 0.4) is 0 Å². The van der Waals surface area contributed by atoms with E-state index >= 15 is 0 Å². The summed E-state index contributed by atoms with van der Waals surface area (Å²) in [7, 11) is 0. The molecule has 7 aromatic carbocycles. The van der Waals surface area contributed by atoms with Crippen molar-refractivity contribution in [3.8, 4) is 22.6 Å².